The minimum absolute atomic E-state index is 0.00752. The summed E-state index contributed by atoms with van der Waals surface area (Å²) in [5.41, 5.74) is 1.06. The zero-order valence-corrected chi connectivity index (χ0v) is 12.7. The van der Waals surface area contributed by atoms with Gasteiger partial charge in [0, 0.05) is 6.54 Å². The van der Waals surface area contributed by atoms with E-state index in [9.17, 15) is 9.90 Å². The van der Waals surface area contributed by atoms with Crippen molar-refractivity contribution < 1.29 is 14.6 Å². The van der Waals surface area contributed by atoms with E-state index in [1.165, 1.54) is 0 Å². The second-order valence-corrected chi connectivity index (χ2v) is 5.66. The SMILES string of the molecule is CC(OCc1ccccc1)C(=O)N1CCCCCC1CO. The summed E-state index contributed by atoms with van der Waals surface area (Å²) in [5.74, 6) is -0.00752. The lowest BCUT2D eigenvalue weighted by Crippen LogP contribution is -2.46. The van der Waals surface area contributed by atoms with Gasteiger partial charge in [0.2, 0.25) is 0 Å². The first-order valence-corrected chi connectivity index (χ1v) is 7.79. The molecule has 1 heterocycles. The molecule has 1 aromatic rings. The van der Waals surface area contributed by atoms with E-state index in [4.69, 9.17) is 4.74 Å². The van der Waals surface area contributed by atoms with E-state index in [1.807, 2.05) is 35.2 Å². The zero-order chi connectivity index (χ0) is 15.1. The molecule has 0 spiro atoms. The molecular formula is C17H25NO3. The minimum Gasteiger partial charge on any atom is -0.394 e. The molecule has 0 aromatic heterocycles. The second kappa shape index (κ2) is 8.15. The summed E-state index contributed by atoms with van der Waals surface area (Å²) < 4.78 is 5.70. The molecule has 4 heteroatoms. The number of likely N-dealkylation sites (tertiary alicyclic amines) is 1. The van der Waals surface area contributed by atoms with Gasteiger partial charge in [0.15, 0.2) is 0 Å². The van der Waals surface area contributed by atoms with Crippen molar-refractivity contribution in [1.82, 2.24) is 4.90 Å². The lowest BCUT2D eigenvalue weighted by molar-refractivity contribution is -0.146. The average molecular weight is 291 g/mol. The fraction of sp³-hybridized carbons (Fsp3) is 0.588. The van der Waals surface area contributed by atoms with Crippen molar-refractivity contribution in [3.63, 3.8) is 0 Å². The molecule has 1 aliphatic heterocycles. The number of hydrogen-bond acceptors (Lipinski definition) is 3. The number of aliphatic hydroxyl groups excluding tert-OH is 1. The molecule has 21 heavy (non-hydrogen) atoms. The molecule has 2 atom stereocenters. The first-order chi connectivity index (χ1) is 10.2. The molecule has 116 valence electrons. The molecule has 1 fully saturated rings. The minimum atomic E-state index is -0.475. The molecule has 0 radical (unpaired) electrons. The Labute approximate surface area is 126 Å². The predicted molar refractivity (Wildman–Crippen MR) is 81.7 cm³/mol. The molecule has 1 aromatic carbocycles. The van der Waals surface area contributed by atoms with Gasteiger partial charge in [-0.15, -0.1) is 0 Å². The molecule has 4 nitrogen and oxygen atoms in total. The summed E-state index contributed by atoms with van der Waals surface area (Å²) in [6.07, 6.45) is 3.62. The molecule has 0 bridgehead atoms. The molecule has 0 aliphatic carbocycles. The summed E-state index contributed by atoms with van der Waals surface area (Å²) in [6.45, 7) is 3.00. The third-order valence-corrected chi connectivity index (χ3v) is 4.06. The molecule has 0 saturated carbocycles. The highest BCUT2D eigenvalue weighted by Gasteiger charge is 2.28. The van der Waals surface area contributed by atoms with Crippen LogP contribution in [-0.4, -0.2) is 41.2 Å². The lowest BCUT2D eigenvalue weighted by atomic mass is 10.1. The van der Waals surface area contributed by atoms with Gasteiger partial charge in [-0.3, -0.25) is 4.79 Å². The Kier molecular flexibility index (Phi) is 6.21. The highest BCUT2D eigenvalue weighted by atomic mass is 16.5. The van der Waals surface area contributed by atoms with Crippen LogP contribution < -0.4 is 0 Å². The van der Waals surface area contributed by atoms with E-state index >= 15 is 0 Å². The standard InChI is InChI=1S/C17H25NO3/c1-14(21-13-15-8-4-2-5-9-15)17(20)18-11-7-3-6-10-16(18)12-19/h2,4-5,8-9,14,16,19H,3,6-7,10-13H2,1H3. The fourth-order valence-corrected chi connectivity index (χ4v) is 2.76. The van der Waals surface area contributed by atoms with Crippen LogP contribution in [0.3, 0.4) is 0 Å². The molecular weight excluding hydrogens is 266 g/mol. The Morgan fingerprint density at radius 2 is 2.10 bits per heavy atom. The Hall–Kier alpha value is -1.39. The number of carbonyl (C=O) groups is 1. The Bertz CT molecular complexity index is 435. The quantitative estimate of drug-likeness (QED) is 0.906. The fourth-order valence-electron chi connectivity index (χ4n) is 2.76. The number of benzene rings is 1. The van der Waals surface area contributed by atoms with Crippen LogP contribution in [0.15, 0.2) is 30.3 Å². The van der Waals surface area contributed by atoms with E-state index < -0.39 is 6.10 Å². The number of aliphatic hydroxyl groups is 1. The van der Waals surface area contributed by atoms with E-state index in [-0.39, 0.29) is 18.6 Å². The summed E-state index contributed by atoms with van der Waals surface area (Å²) in [4.78, 5) is 14.3. The maximum atomic E-state index is 12.5. The van der Waals surface area contributed by atoms with Crippen molar-refractivity contribution >= 4 is 5.91 Å². The van der Waals surface area contributed by atoms with E-state index in [2.05, 4.69) is 0 Å². The number of hydrogen-bond donors (Lipinski definition) is 1. The van der Waals surface area contributed by atoms with Gasteiger partial charge in [0.05, 0.1) is 19.3 Å². The first kappa shape index (κ1) is 16.0. The predicted octanol–water partition coefficient (Wildman–Crippen LogP) is 2.36. The average Bonchev–Trinajstić information content (AvgIpc) is 2.78. The van der Waals surface area contributed by atoms with E-state index in [1.54, 1.807) is 6.92 Å². The maximum Gasteiger partial charge on any atom is 0.251 e. The van der Waals surface area contributed by atoms with Gasteiger partial charge in [-0.05, 0) is 25.3 Å². The van der Waals surface area contributed by atoms with Crippen LogP contribution >= 0.6 is 0 Å². The van der Waals surface area contributed by atoms with Gasteiger partial charge in [0.25, 0.3) is 5.91 Å². The third kappa shape index (κ3) is 4.55. The van der Waals surface area contributed by atoms with Crippen molar-refractivity contribution in [2.45, 2.75) is 51.4 Å². The van der Waals surface area contributed by atoms with Crippen LogP contribution in [-0.2, 0) is 16.1 Å². The monoisotopic (exact) mass is 291 g/mol. The number of ether oxygens (including phenoxy) is 1. The number of amides is 1. The Morgan fingerprint density at radius 1 is 1.33 bits per heavy atom. The van der Waals surface area contributed by atoms with Crippen LogP contribution in [0.4, 0.5) is 0 Å². The first-order valence-electron chi connectivity index (χ1n) is 7.79. The summed E-state index contributed by atoms with van der Waals surface area (Å²) in [5, 5.41) is 9.49. The van der Waals surface area contributed by atoms with Gasteiger partial charge in [-0.1, -0.05) is 43.2 Å². The van der Waals surface area contributed by atoms with Crippen molar-refractivity contribution in [3.8, 4) is 0 Å². The Morgan fingerprint density at radius 3 is 2.81 bits per heavy atom. The highest BCUT2D eigenvalue weighted by molar-refractivity contribution is 5.80. The van der Waals surface area contributed by atoms with Gasteiger partial charge in [0.1, 0.15) is 6.10 Å². The topological polar surface area (TPSA) is 49.8 Å². The van der Waals surface area contributed by atoms with Gasteiger partial charge in [-0.2, -0.15) is 0 Å². The van der Waals surface area contributed by atoms with Crippen molar-refractivity contribution in [2.24, 2.45) is 0 Å². The van der Waals surface area contributed by atoms with Crippen molar-refractivity contribution in [1.29, 1.82) is 0 Å². The van der Waals surface area contributed by atoms with Gasteiger partial charge < -0.3 is 14.7 Å². The van der Waals surface area contributed by atoms with Crippen LogP contribution in [0.25, 0.3) is 0 Å². The number of rotatable bonds is 5. The van der Waals surface area contributed by atoms with Crippen LogP contribution in [0, 0.1) is 0 Å². The lowest BCUT2D eigenvalue weighted by Gasteiger charge is -2.31. The molecule has 2 unspecified atom stereocenters. The second-order valence-electron chi connectivity index (χ2n) is 5.66. The van der Waals surface area contributed by atoms with E-state index in [0.29, 0.717) is 6.61 Å². The van der Waals surface area contributed by atoms with Gasteiger partial charge in [-0.25, -0.2) is 0 Å². The summed E-state index contributed by atoms with van der Waals surface area (Å²) >= 11 is 0. The van der Waals surface area contributed by atoms with Crippen LogP contribution in [0.1, 0.15) is 38.2 Å². The number of nitrogens with zero attached hydrogens (tertiary/aromatic N) is 1. The third-order valence-electron chi connectivity index (χ3n) is 4.06. The molecule has 1 aliphatic rings. The smallest absolute Gasteiger partial charge is 0.251 e. The number of carbonyl (C=O) groups excluding carboxylic acids is 1. The molecule has 2 rings (SSSR count). The molecule has 1 amide bonds. The molecule has 1 N–H and O–H groups in total. The molecule has 1 saturated heterocycles. The maximum absolute atomic E-state index is 12.5. The van der Waals surface area contributed by atoms with E-state index in [0.717, 1.165) is 37.8 Å². The Balaban J connectivity index is 1.91. The largest absolute Gasteiger partial charge is 0.394 e. The summed E-state index contributed by atoms with van der Waals surface area (Å²) in [6, 6.07) is 9.80. The van der Waals surface area contributed by atoms with Crippen molar-refractivity contribution in [2.75, 3.05) is 13.2 Å². The van der Waals surface area contributed by atoms with Crippen LogP contribution in [0.5, 0.6) is 0 Å². The van der Waals surface area contributed by atoms with Gasteiger partial charge >= 0.3 is 0 Å². The highest BCUT2D eigenvalue weighted by Crippen LogP contribution is 2.18. The van der Waals surface area contributed by atoms with Crippen molar-refractivity contribution in [3.05, 3.63) is 35.9 Å². The normalized spacial score (nSPS) is 20.9. The zero-order valence-electron chi connectivity index (χ0n) is 12.7. The summed E-state index contributed by atoms with van der Waals surface area (Å²) in [7, 11) is 0. The van der Waals surface area contributed by atoms with Crippen LogP contribution in [0.2, 0.25) is 0 Å².